The molecule has 4 rings (SSSR count). The van der Waals surface area contributed by atoms with Crippen LogP contribution in [-0.4, -0.2) is 41.1 Å². The molecule has 33 heavy (non-hydrogen) atoms. The Balaban J connectivity index is 1.30. The van der Waals surface area contributed by atoms with E-state index in [0.29, 0.717) is 5.06 Å². The summed E-state index contributed by atoms with van der Waals surface area (Å²) in [5.74, 6) is -1.63. The molecular formula is C25H30N4O4. The summed E-state index contributed by atoms with van der Waals surface area (Å²) in [4.78, 5) is 37.8. The summed E-state index contributed by atoms with van der Waals surface area (Å²) in [5, 5.41) is 16.3. The van der Waals surface area contributed by atoms with Crippen LogP contribution in [0.4, 0.5) is 17.1 Å². The van der Waals surface area contributed by atoms with Crippen molar-refractivity contribution in [2.45, 2.75) is 39.2 Å². The molecule has 0 spiro atoms. The van der Waals surface area contributed by atoms with Crippen molar-refractivity contribution in [3.63, 3.8) is 0 Å². The van der Waals surface area contributed by atoms with Gasteiger partial charge in [-0.15, -0.1) is 0 Å². The van der Waals surface area contributed by atoms with Gasteiger partial charge >= 0.3 is 0 Å². The van der Waals surface area contributed by atoms with E-state index in [2.05, 4.69) is 46.7 Å². The fraction of sp³-hybridized carbons (Fsp3) is 0.400. The molecule has 2 aliphatic rings. The summed E-state index contributed by atoms with van der Waals surface area (Å²) in [5.41, 5.74) is 3.85. The number of hydrogen-bond donors (Lipinski definition) is 3. The zero-order valence-corrected chi connectivity index (χ0v) is 18.8. The number of nitrogens with zero attached hydrogens (tertiary/aromatic N) is 2. The lowest BCUT2D eigenvalue weighted by molar-refractivity contribution is -0.175. The Bertz CT molecular complexity index is 982. The summed E-state index contributed by atoms with van der Waals surface area (Å²) >= 11 is 0. The van der Waals surface area contributed by atoms with Crippen LogP contribution < -0.4 is 15.5 Å². The van der Waals surface area contributed by atoms with Crippen LogP contribution in [0.15, 0.2) is 48.5 Å². The molecule has 2 fully saturated rings. The number of benzene rings is 2. The van der Waals surface area contributed by atoms with E-state index in [0.717, 1.165) is 35.9 Å². The first kappa shape index (κ1) is 22.8. The van der Waals surface area contributed by atoms with E-state index < -0.39 is 23.6 Å². The Morgan fingerprint density at radius 2 is 1.55 bits per heavy atom. The average Bonchev–Trinajstić information content (AvgIpc) is 2.80. The standard InChI is InChI=1S/C25H30N4O4/c1-17-10-12-28(13-11-17)22-8-6-21(7-9-22)26-20-4-2-18(3-5-20)16-29(33)25(32)19-14-23(30)27-24(31)15-19/h2-9,17,19,26,33H,10-16H2,1H3,(H,27,30,31). The summed E-state index contributed by atoms with van der Waals surface area (Å²) in [6.07, 6.45) is 2.27. The minimum Gasteiger partial charge on any atom is -0.372 e. The van der Waals surface area contributed by atoms with Gasteiger partial charge in [0.05, 0.1) is 12.5 Å². The van der Waals surface area contributed by atoms with Crippen molar-refractivity contribution >= 4 is 34.8 Å². The minimum atomic E-state index is -0.825. The van der Waals surface area contributed by atoms with Gasteiger partial charge in [-0.25, -0.2) is 5.06 Å². The molecule has 2 saturated heterocycles. The molecule has 174 valence electrons. The van der Waals surface area contributed by atoms with E-state index in [1.807, 2.05) is 24.3 Å². The highest BCUT2D eigenvalue weighted by Gasteiger charge is 2.32. The number of imide groups is 1. The number of carbonyl (C=O) groups is 3. The van der Waals surface area contributed by atoms with Crippen LogP contribution in [0.5, 0.6) is 0 Å². The van der Waals surface area contributed by atoms with Crippen LogP contribution in [0.3, 0.4) is 0 Å². The molecule has 0 radical (unpaired) electrons. The highest BCUT2D eigenvalue weighted by Crippen LogP contribution is 2.26. The van der Waals surface area contributed by atoms with Gasteiger partial charge in [-0.05, 0) is 60.7 Å². The molecule has 8 heteroatoms. The maximum absolute atomic E-state index is 12.4. The molecule has 2 aromatic rings. The molecule has 3 N–H and O–H groups in total. The average molecular weight is 451 g/mol. The third kappa shape index (κ3) is 5.90. The highest BCUT2D eigenvalue weighted by molar-refractivity contribution is 6.01. The number of amides is 3. The predicted octanol–water partition coefficient (Wildman–Crippen LogP) is 3.44. The Kier molecular flexibility index (Phi) is 6.93. The first-order valence-electron chi connectivity index (χ1n) is 11.4. The molecule has 2 aromatic carbocycles. The van der Waals surface area contributed by atoms with Crippen molar-refractivity contribution in [1.29, 1.82) is 0 Å². The van der Waals surface area contributed by atoms with E-state index in [1.54, 1.807) is 0 Å². The van der Waals surface area contributed by atoms with Crippen molar-refractivity contribution in [2.24, 2.45) is 11.8 Å². The molecular weight excluding hydrogens is 420 g/mol. The van der Waals surface area contributed by atoms with Gasteiger partial charge in [-0.1, -0.05) is 19.1 Å². The minimum absolute atomic E-state index is 0.0193. The zero-order valence-electron chi connectivity index (χ0n) is 18.8. The van der Waals surface area contributed by atoms with E-state index in [-0.39, 0.29) is 19.4 Å². The molecule has 0 atom stereocenters. The largest absolute Gasteiger partial charge is 0.372 e. The summed E-state index contributed by atoms with van der Waals surface area (Å²) in [6, 6.07) is 15.8. The fourth-order valence-corrected chi connectivity index (χ4v) is 4.30. The third-order valence-electron chi connectivity index (χ3n) is 6.34. The van der Waals surface area contributed by atoms with Crippen molar-refractivity contribution in [2.75, 3.05) is 23.3 Å². The van der Waals surface area contributed by atoms with Crippen molar-refractivity contribution in [1.82, 2.24) is 10.4 Å². The number of rotatable bonds is 6. The number of carbonyl (C=O) groups excluding carboxylic acids is 3. The van der Waals surface area contributed by atoms with Gasteiger partial charge in [0, 0.05) is 43.0 Å². The van der Waals surface area contributed by atoms with E-state index in [9.17, 15) is 19.6 Å². The molecule has 2 heterocycles. The van der Waals surface area contributed by atoms with Gasteiger partial charge in [0.15, 0.2) is 0 Å². The second kappa shape index (κ2) is 10.0. The smallest absolute Gasteiger partial charge is 0.250 e. The Morgan fingerprint density at radius 1 is 1.00 bits per heavy atom. The molecule has 0 unspecified atom stereocenters. The SMILES string of the molecule is CC1CCN(c2ccc(Nc3ccc(CN(O)C(=O)C4CC(=O)NC(=O)C4)cc3)cc2)CC1. The maximum atomic E-state index is 12.4. The highest BCUT2D eigenvalue weighted by atomic mass is 16.5. The monoisotopic (exact) mass is 450 g/mol. The van der Waals surface area contributed by atoms with Crippen LogP contribution in [0.2, 0.25) is 0 Å². The number of hydroxylamine groups is 2. The molecule has 2 aliphatic heterocycles. The van der Waals surface area contributed by atoms with Crippen LogP contribution in [0, 0.1) is 11.8 Å². The van der Waals surface area contributed by atoms with E-state index >= 15 is 0 Å². The Labute approximate surface area is 193 Å². The number of nitrogens with one attached hydrogen (secondary N) is 2. The van der Waals surface area contributed by atoms with Gasteiger partial charge in [0.25, 0.3) is 0 Å². The summed E-state index contributed by atoms with van der Waals surface area (Å²) in [6.45, 7) is 4.49. The number of piperidine rings is 2. The normalized spacial score (nSPS) is 17.6. The van der Waals surface area contributed by atoms with E-state index in [4.69, 9.17) is 0 Å². The van der Waals surface area contributed by atoms with Crippen LogP contribution in [-0.2, 0) is 20.9 Å². The Morgan fingerprint density at radius 3 is 2.12 bits per heavy atom. The zero-order chi connectivity index (χ0) is 23.4. The maximum Gasteiger partial charge on any atom is 0.250 e. The lowest BCUT2D eigenvalue weighted by Crippen LogP contribution is -2.44. The molecule has 0 aromatic heterocycles. The van der Waals surface area contributed by atoms with Crippen molar-refractivity contribution in [3.8, 4) is 0 Å². The van der Waals surface area contributed by atoms with Gasteiger partial charge < -0.3 is 10.2 Å². The lowest BCUT2D eigenvalue weighted by Gasteiger charge is -2.32. The van der Waals surface area contributed by atoms with E-state index in [1.165, 1.54) is 18.5 Å². The summed E-state index contributed by atoms with van der Waals surface area (Å²) < 4.78 is 0. The van der Waals surface area contributed by atoms with Crippen LogP contribution in [0.1, 0.15) is 38.2 Å². The quantitative estimate of drug-likeness (QED) is 0.354. The first-order chi connectivity index (χ1) is 15.9. The molecule has 0 aliphatic carbocycles. The topological polar surface area (TPSA) is 102 Å². The lowest BCUT2D eigenvalue weighted by atomic mass is 9.96. The molecule has 0 bridgehead atoms. The van der Waals surface area contributed by atoms with Crippen molar-refractivity contribution in [3.05, 3.63) is 54.1 Å². The molecule has 0 saturated carbocycles. The predicted molar refractivity (Wildman–Crippen MR) is 125 cm³/mol. The van der Waals surface area contributed by atoms with Crippen LogP contribution >= 0.6 is 0 Å². The number of anilines is 3. The second-order valence-corrected chi connectivity index (χ2v) is 9.01. The molecule has 8 nitrogen and oxygen atoms in total. The van der Waals surface area contributed by atoms with Gasteiger partial charge in [0.2, 0.25) is 17.7 Å². The third-order valence-corrected chi connectivity index (χ3v) is 6.34. The van der Waals surface area contributed by atoms with Gasteiger partial charge in [-0.2, -0.15) is 0 Å². The van der Waals surface area contributed by atoms with Gasteiger partial charge in [0.1, 0.15) is 0 Å². The van der Waals surface area contributed by atoms with Crippen molar-refractivity contribution < 1.29 is 19.6 Å². The van der Waals surface area contributed by atoms with Gasteiger partial charge in [-0.3, -0.25) is 24.9 Å². The van der Waals surface area contributed by atoms with Crippen LogP contribution in [0.25, 0.3) is 0 Å². The Hall–Kier alpha value is -3.39. The molecule has 3 amide bonds. The second-order valence-electron chi connectivity index (χ2n) is 9.01. The number of hydrogen-bond acceptors (Lipinski definition) is 6. The fourth-order valence-electron chi connectivity index (χ4n) is 4.30. The summed E-state index contributed by atoms with van der Waals surface area (Å²) in [7, 11) is 0. The first-order valence-corrected chi connectivity index (χ1v) is 11.4.